The Balaban J connectivity index is 2.06. The summed E-state index contributed by atoms with van der Waals surface area (Å²) in [6.07, 6.45) is 0. The Bertz CT molecular complexity index is 1090. The molecule has 2 aromatic carbocycles. The molecule has 1 unspecified atom stereocenters. The summed E-state index contributed by atoms with van der Waals surface area (Å²) in [5.41, 5.74) is 1.86. The first-order valence-corrected chi connectivity index (χ1v) is 11.2. The van der Waals surface area contributed by atoms with Crippen molar-refractivity contribution in [2.75, 3.05) is 11.9 Å². The van der Waals surface area contributed by atoms with E-state index >= 15 is 0 Å². The van der Waals surface area contributed by atoms with Crippen LogP contribution in [0.2, 0.25) is 5.04 Å². The van der Waals surface area contributed by atoms with E-state index in [0.717, 1.165) is 5.56 Å². The zero-order chi connectivity index (χ0) is 21.5. The van der Waals surface area contributed by atoms with Crippen molar-refractivity contribution in [3.8, 4) is 0 Å². The maximum Gasteiger partial charge on any atom is 0.253 e. The lowest BCUT2D eigenvalue weighted by Gasteiger charge is -2.22. The Morgan fingerprint density at radius 2 is 1.97 bits per heavy atom. The number of carbonyl (C=O) groups excluding carboxylic acids is 2. The number of hydrogen-bond acceptors (Lipinski definition) is 3. The van der Waals surface area contributed by atoms with Gasteiger partial charge in [0.1, 0.15) is 5.82 Å². The third-order valence-corrected chi connectivity index (χ3v) is 9.66. The van der Waals surface area contributed by atoms with E-state index in [0.29, 0.717) is 21.2 Å². The van der Waals surface area contributed by atoms with E-state index in [9.17, 15) is 14.0 Å². The summed E-state index contributed by atoms with van der Waals surface area (Å²) < 4.78 is 15.1. The van der Waals surface area contributed by atoms with Crippen LogP contribution in [0.3, 0.4) is 0 Å². The number of amides is 2. The van der Waals surface area contributed by atoms with Crippen LogP contribution in [0.15, 0.2) is 36.4 Å². The molecule has 1 fully saturated rings. The summed E-state index contributed by atoms with van der Waals surface area (Å²) in [4.78, 5) is 30.0. The van der Waals surface area contributed by atoms with E-state index in [4.69, 9.17) is 18.8 Å². The second kappa shape index (κ2) is 7.50. The minimum absolute atomic E-state index is 0.0412. The highest BCUT2D eigenvalue weighted by Gasteiger charge is 2.53. The molecule has 2 aromatic rings. The van der Waals surface area contributed by atoms with Crippen molar-refractivity contribution in [1.82, 2.24) is 5.32 Å². The van der Waals surface area contributed by atoms with Crippen LogP contribution in [-0.2, 0) is 4.79 Å². The summed E-state index contributed by atoms with van der Waals surface area (Å²) in [7, 11) is -0.835. The van der Waals surface area contributed by atoms with Crippen LogP contribution in [0, 0.1) is 19.3 Å². The molecule has 0 radical (unpaired) electrons. The lowest BCUT2D eigenvalue weighted by Crippen LogP contribution is -2.44. The van der Waals surface area contributed by atoms with Crippen molar-refractivity contribution < 1.29 is 14.0 Å². The number of benzene rings is 2. The van der Waals surface area contributed by atoms with Crippen LogP contribution in [0.4, 0.5) is 15.8 Å². The van der Waals surface area contributed by atoms with Gasteiger partial charge in [-0.25, -0.2) is 9.24 Å². The predicted octanol–water partition coefficient (Wildman–Crippen LogP) is 3.17. The fraction of sp³-hybridized carbons (Fsp3) is 0.238. The first-order chi connectivity index (χ1) is 13.6. The average molecular weight is 426 g/mol. The third-order valence-electron chi connectivity index (χ3n) is 5.30. The molecule has 2 amide bonds. The van der Waals surface area contributed by atoms with Crippen molar-refractivity contribution in [2.45, 2.75) is 25.8 Å². The van der Waals surface area contributed by atoms with E-state index in [-0.39, 0.29) is 11.5 Å². The minimum atomic E-state index is -2.28. The van der Waals surface area contributed by atoms with Crippen LogP contribution < -0.4 is 15.4 Å². The molecule has 1 heterocycles. The van der Waals surface area contributed by atoms with E-state index < -0.39 is 25.6 Å². The minimum Gasteiger partial charge on any atom is -0.355 e. The molecule has 0 aliphatic carbocycles. The Labute approximate surface area is 176 Å². The standard InChI is InChI=1S/C21H20FN3O2SSi/c1-12-10-13(6-9-17(12)23-4)25-19(27)21(2,3)29(20(25)28)14-7-8-15(16(22)11-14)18(26)24-5/h6-11,29H,1-3,5H3,(H,24,26). The Morgan fingerprint density at radius 3 is 2.52 bits per heavy atom. The largest absolute Gasteiger partial charge is 0.355 e. The van der Waals surface area contributed by atoms with Gasteiger partial charge in [0.2, 0.25) is 5.91 Å². The number of anilines is 1. The highest BCUT2D eigenvalue weighted by Crippen LogP contribution is 2.41. The molecule has 5 nitrogen and oxygen atoms in total. The highest BCUT2D eigenvalue weighted by molar-refractivity contribution is 7.85. The van der Waals surface area contributed by atoms with Crippen molar-refractivity contribution in [3.63, 3.8) is 0 Å². The molecule has 1 N–H and O–H groups in total. The van der Waals surface area contributed by atoms with Gasteiger partial charge in [0.25, 0.3) is 5.91 Å². The Kier molecular flexibility index (Phi) is 5.39. The fourth-order valence-electron chi connectivity index (χ4n) is 3.69. The summed E-state index contributed by atoms with van der Waals surface area (Å²) >= 11 is 5.71. The molecule has 8 heteroatoms. The molecule has 29 heavy (non-hydrogen) atoms. The summed E-state index contributed by atoms with van der Waals surface area (Å²) in [5.74, 6) is -1.27. The van der Waals surface area contributed by atoms with Crippen molar-refractivity contribution in [3.05, 3.63) is 64.8 Å². The van der Waals surface area contributed by atoms with Crippen LogP contribution in [0.25, 0.3) is 4.85 Å². The van der Waals surface area contributed by atoms with Crippen LogP contribution in [0.5, 0.6) is 0 Å². The summed E-state index contributed by atoms with van der Waals surface area (Å²) in [5, 5.41) is 2.33. The molecule has 1 atom stereocenters. The number of nitrogens with one attached hydrogen (secondary N) is 1. The van der Waals surface area contributed by atoms with Gasteiger partial charge in [-0.15, -0.1) is 0 Å². The second-order valence-electron chi connectivity index (χ2n) is 7.53. The smallest absolute Gasteiger partial charge is 0.253 e. The monoisotopic (exact) mass is 425 g/mol. The van der Waals surface area contributed by atoms with Crippen molar-refractivity contribution in [2.24, 2.45) is 0 Å². The van der Waals surface area contributed by atoms with Crippen molar-refractivity contribution >= 4 is 54.0 Å². The number of thiocarbonyl (C=S) groups is 1. The predicted molar refractivity (Wildman–Crippen MR) is 118 cm³/mol. The molecule has 0 aromatic heterocycles. The maximum absolute atomic E-state index is 14.6. The average Bonchev–Trinajstić information content (AvgIpc) is 2.85. The first-order valence-electron chi connectivity index (χ1n) is 9.01. The van der Waals surface area contributed by atoms with E-state index in [1.807, 2.05) is 20.8 Å². The molecule has 0 spiro atoms. The molecule has 148 valence electrons. The van der Waals surface area contributed by atoms with Gasteiger partial charge in [-0.05, 0) is 36.8 Å². The zero-order valence-corrected chi connectivity index (χ0v) is 18.5. The number of rotatable bonds is 3. The molecule has 1 aliphatic heterocycles. The van der Waals surface area contributed by atoms with Gasteiger partial charge in [0.15, 0.2) is 14.5 Å². The SMILES string of the molecule is [C-]#[N+]c1ccc(N2C(=O)C(C)(C)[SiH](c3ccc(C(=O)NC)c(F)c3)C2=S)cc1C. The maximum atomic E-state index is 14.6. The topological polar surface area (TPSA) is 53.8 Å². The van der Waals surface area contributed by atoms with E-state index in [1.165, 1.54) is 24.1 Å². The number of aryl methyl sites for hydroxylation is 1. The molecule has 0 saturated carbocycles. The normalized spacial score (nSPS) is 17.9. The van der Waals surface area contributed by atoms with Crippen LogP contribution in [-0.4, -0.2) is 32.3 Å². The van der Waals surface area contributed by atoms with E-state index in [2.05, 4.69) is 10.2 Å². The van der Waals surface area contributed by atoms with Gasteiger partial charge < -0.3 is 5.32 Å². The molecule has 0 bridgehead atoms. The number of carbonyl (C=O) groups is 2. The van der Waals surface area contributed by atoms with Gasteiger partial charge in [0, 0.05) is 17.8 Å². The second-order valence-corrected chi connectivity index (χ2v) is 11.9. The van der Waals surface area contributed by atoms with Gasteiger partial charge in [-0.2, -0.15) is 0 Å². The Morgan fingerprint density at radius 1 is 1.28 bits per heavy atom. The van der Waals surface area contributed by atoms with Crippen LogP contribution >= 0.6 is 12.2 Å². The molecule has 3 rings (SSSR count). The number of hydrogen-bond donors (Lipinski definition) is 1. The van der Waals surface area contributed by atoms with Gasteiger partial charge >= 0.3 is 0 Å². The zero-order valence-electron chi connectivity index (χ0n) is 16.5. The summed E-state index contributed by atoms with van der Waals surface area (Å²) in [6, 6.07) is 9.64. The molecule has 1 aliphatic rings. The lowest BCUT2D eigenvalue weighted by atomic mass is 10.1. The number of nitrogens with zero attached hydrogens (tertiary/aromatic N) is 2. The third kappa shape index (κ3) is 3.37. The number of halogens is 1. The molecule has 1 saturated heterocycles. The molecular formula is C21H20FN3O2SSi. The first kappa shape index (κ1) is 20.8. The van der Waals surface area contributed by atoms with Gasteiger partial charge in [-0.3, -0.25) is 14.5 Å². The van der Waals surface area contributed by atoms with Crippen molar-refractivity contribution in [1.29, 1.82) is 0 Å². The fourth-order valence-corrected chi connectivity index (χ4v) is 8.41. The molecular weight excluding hydrogens is 405 g/mol. The highest BCUT2D eigenvalue weighted by atomic mass is 32.1. The van der Waals surface area contributed by atoms with Gasteiger partial charge in [0.05, 0.1) is 16.7 Å². The van der Waals surface area contributed by atoms with E-state index in [1.54, 1.807) is 24.3 Å². The summed E-state index contributed by atoms with van der Waals surface area (Å²) in [6.45, 7) is 12.7. The van der Waals surface area contributed by atoms with Crippen LogP contribution in [0.1, 0.15) is 29.8 Å². The Hall–Kier alpha value is -2.89. The lowest BCUT2D eigenvalue weighted by molar-refractivity contribution is -0.119. The van der Waals surface area contributed by atoms with Gasteiger partial charge in [-0.1, -0.05) is 43.4 Å². The quantitative estimate of drug-likeness (QED) is 0.467.